The smallest absolute Gasteiger partial charge is 0.208 e. The molecule has 0 amide bonds. The summed E-state index contributed by atoms with van der Waals surface area (Å²) in [6, 6.07) is 9.55. The van der Waals surface area contributed by atoms with Gasteiger partial charge in [0.15, 0.2) is 0 Å². The maximum absolute atomic E-state index is 10.8. The lowest BCUT2D eigenvalue weighted by atomic mass is 10.1. The first-order chi connectivity index (χ1) is 8.53. The fourth-order valence-electron chi connectivity index (χ4n) is 1.60. The normalized spacial score (nSPS) is 13.4. The predicted molar refractivity (Wildman–Crippen MR) is 71.7 cm³/mol. The summed E-state index contributed by atoms with van der Waals surface area (Å²) in [5, 5.41) is 12.5. The van der Waals surface area contributed by atoms with Gasteiger partial charge in [-0.1, -0.05) is 30.3 Å². The summed E-state index contributed by atoms with van der Waals surface area (Å²) in [4.78, 5) is 0. The number of hydrogen-bond acceptors (Lipinski definition) is 4. The third kappa shape index (κ3) is 6.11. The topological polar surface area (TPSA) is 78.4 Å². The van der Waals surface area contributed by atoms with Crippen molar-refractivity contribution in [2.75, 3.05) is 26.0 Å². The molecular formula is C12H20N2O3S. The molecule has 0 saturated heterocycles. The van der Waals surface area contributed by atoms with Crippen LogP contribution in [0.25, 0.3) is 0 Å². The van der Waals surface area contributed by atoms with Crippen molar-refractivity contribution in [1.82, 2.24) is 10.0 Å². The van der Waals surface area contributed by atoms with E-state index in [4.69, 9.17) is 0 Å². The quantitative estimate of drug-likeness (QED) is 0.593. The van der Waals surface area contributed by atoms with Crippen molar-refractivity contribution < 1.29 is 13.5 Å². The average Bonchev–Trinajstić information content (AvgIpc) is 2.33. The number of aliphatic hydroxyl groups is 1. The number of rotatable bonds is 8. The summed E-state index contributed by atoms with van der Waals surface area (Å²) in [5.41, 5.74) is 1.02. The molecule has 0 saturated carbocycles. The first-order valence-electron chi connectivity index (χ1n) is 5.87. The molecule has 18 heavy (non-hydrogen) atoms. The summed E-state index contributed by atoms with van der Waals surface area (Å²) in [7, 11) is -3.11. The largest absolute Gasteiger partial charge is 0.394 e. The van der Waals surface area contributed by atoms with E-state index in [1.54, 1.807) is 0 Å². The zero-order valence-corrected chi connectivity index (χ0v) is 11.3. The molecule has 0 fully saturated rings. The van der Waals surface area contributed by atoms with Crippen molar-refractivity contribution in [3.8, 4) is 0 Å². The number of sulfonamides is 1. The molecule has 0 aliphatic heterocycles. The van der Waals surface area contributed by atoms with Gasteiger partial charge < -0.3 is 10.4 Å². The van der Waals surface area contributed by atoms with Gasteiger partial charge in [-0.05, 0) is 18.5 Å². The highest BCUT2D eigenvalue weighted by Gasteiger charge is 2.08. The lowest BCUT2D eigenvalue weighted by Gasteiger charge is -2.16. The highest BCUT2D eigenvalue weighted by molar-refractivity contribution is 7.88. The Bertz CT molecular complexity index is 434. The first-order valence-corrected chi connectivity index (χ1v) is 7.76. The molecule has 1 aromatic rings. The summed E-state index contributed by atoms with van der Waals surface area (Å²) < 4.78 is 24.1. The van der Waals surface area contributed by atoms with Gasteiger partial charge >= 0.3 is 0 Å². The Labute approximate surface area is 108 Å². The Morgan fingerprint density at radius 1 is 1.22 bits per heavy atom. The average molecular weight is 272 g/mol. The molecule has 1 aromatic carbocycles. The third-order valence-corrected chi connectivity index (χ3v) is 3.22. The standard InChI is InChI=1S/C12H20N2O3S/c1-18(16,17)14-9-5-8-13-12(10-15)11-6-3-2-4-7-11/h2-4,6-7,12-15H,5,8-10H2,1H3. The Balaban J connectivity index is 2.29. The van der Waals surface area contributed by atoms with E-state index >= 15 is 0 Å². The number of hydrogen-bond donors (Lipinski definition) is 3. The molecule has 6 heteroatoms. The Morgan fingerprint density at radius 3 is 2.44 bits per heavy atom. The van der Waals surface area contributed by atoms with E-state index in [0.717, 1.165) is 11.8 Å². The van der Waals surface area contributed by atoms with Crippen molar-refractivity contribution in [3.05, 3.63) is 35.9 Å². The molecule has 3 N–H and O–H groups in total. The molecule has 1 atom stereocenters. The van der Waals surface area contributed by atoms with Gasteiger partial charge in [0.05, 0.1) is 18.9 Å². The second-order valence-corrected chi connectivity index (χ2v) is 5.95. The van der Waals surface area contributed by atoms with Crippen molar-refractivity contribution in [3.63, 3.8) is 0 Å². The number of nitrogens with one attached hydrogen (secondary N) is 2. The van der Waals surface area contributed by atoms with Crippen LogP contribution in [0.5, 0.6) is 0 Å². The zero-order valence-electron chi connectivity index (χ0n) is 10.5. The Hall–Kier alpha value is -0.950. The van der Waals surface area contributed by atoms with Gasteiger partial charge in [-0.3, -0.25) is 0 Å². The van der Waals surface area contributed by atoms with Crippen LogP contribution in [-0.4, -0.2) is 39.5 Å². The monoisotopic (exact) mass is 272 g/mol. The molecule has 0 aliphatic rings. The van der Waals surface area contributed by atoms with Crippen LogP contribution >= 0.6 is 0 Å². The maximum Gasteiger partial charge on any atom is 0.208 e. The van der Waals surface area contributed by atoms with E-state index in [1.165, 1.54) is 0 Å². The van der Waals surface area contributed by atoms with E-state index in [0.29, 0.717) is 19.5 Å². The molecule has 102 valence electrons. The fourth-order valence-corrected chi connectivity index (χ4v) is 2.11. The second-order valence-electron chi connectivity index (χ2n) is 4.12. The van der Waals surface area contributed by atoms with Crippen molar-refractivity contribution in [2.24, 2.45) is 0 Å². The lowest BCUT2D eigenvalue weighted by Crippen LogP contribution is -2.29. The molecule has 0 heterocycles. The molecule has 0 bridgehead atoms. The first kappa shape index (κ1) is 15.1. The van der Waals surface area contributed by atoms with Crippen molar-refractivity contribution in [2.45, 2.75) is 12.5 Å². The summed E-state index contributed by atoms with van der Waals surface area (Å²) in [5.74, 6) is 0. The minimum atomic E-state index is -3.11. The van der Waals surface area contributed by atoms with Gasteiger partial charge in [-0.15, -0.1) is 0 Å². The zero-order chi connectivity index (χ0) is 13.4. The molecule has 1 unspecified atom stereocenters. The van der Waals surface area contributed by atoms with Gasteiger partial charge in [0.25, 0.3) is 0 Å². The maximum atomic E-state index is 10.8. The fraction of sp³-hybridized carbons (Fsp3) is 0.500. The van der Waals surface area contributed by atoms with Crippen LogP contribution < -0.4 is 10.0 Å². The van der Waals surface area contributed by atoms with E-state index in [2.05, 4.69) is 10.0 Å². The van der Waals surface area contributed by atoms with Crippen LogP contribution in [0, 0.1) is 0 Å². The molecular weight excluding hydrogens is 252 g/mol. The van der Waals surface area contributed by atoms with E-state index in [1.807, 2.05) is 30.3 Å². The lowest BCUT2D eigenvalue weighted by molar-refractivity contribution is 0.244. The summed E-state index contributed by atoms with van der Waals surface area (Å²) in [6.45, 7) is 1.06. The Morgan fingerprint density at radius 2 is 1.89 bits per heavy atom. The van der Waals surface area contributed by atoms with Crippen LogP contribution in [0.2, 0.25) is 0 Å². The van der Waals surface area contributed by atoms with Gasteiger partial charge in [0, 0.05) is 6.54 Å². The van der Waals surface area contributed by atoms with Crippen molar-refractivity contribution in [1.29, 1.82) is 0 Å². The minimum absolute atomic E-state index is 0.0174. The van der Waals surface area contributed by atoms with Gasteiger partial charge in [0.1, 0.15) is 0 Å². The van der Waals surface area contributed by atoms with Crippen molar-refractivity contribution >= 4 is 10.0 Å². The molecule has 0 aromatic heterocycles. The van der Waals surface area contributed by atoms with Crippen LogP contribution in [0.3, 0.4) is 0 Å². The highest BCUT2D eigenvalue weighted by Crippen LogP contribution is 2.10. The van der Waals surface area contributed by atoms with E-state index in [-0.39, 0.29) is 12.6 Å². The van der Waals surface area contributed by atoms with Crippen LogP contribution in [-0.2, 0) is 10.0 Å². The Kier molecular flexibility index (Phi) is 6.28. The van der Waals surface area contributed by atoms with E-state index in [9.17, 15) is 13.5 Å². The predicted octanol–water partition coefficient (Wildman–Crippen LogP) is 0.249. The SMILES string of the molecule is CS(=O)(=O)NCCCNC(CO)c1ccccc1. The molecule has 5 nitrogen and oxygen atoms in total. The second kappa shape index (κ2) is 7.48. The minimum Gasteiger partial charge on any atom is -0.394 e. The van der Waals surface area contributed by atoms with Crippen LogP contribution in [0.1, 0.15) is 18.0 Å². The van der Waals surface area contributed by atoms with Gasteiger partial charge in [-0.2, -0.15) is 0 Å². The van der Waals surface area contributed by atoms with Crippen LogP contribution in [0.4, 0.5) is 0 Å². The van der Waals surface area contributed by atoms with Gasteiger partial charge in [0.2, 0.25) is 10.0 Å². The summed E-state index contributed by atoms with van der Waals surface area (Å²) in [6.07, 6.45) is 1.82. The molecule has 0 aliphatic carbocycles. The number of benzene rings is 1. The highest BCUT2D eigenvalue weighted by atomic mass is 32.2. The third-order valence-electron chi connectivity index (χ3n) is 2.49. The molecule has 0 spiro atoms. The van der Waals surface area contributed by atoms with Crippen LogP contribution in [0.15, 0.2) is 30.3 Å². The van der Waals surface area contributed by atoms with Gasteiger partial charge in [-0.25, -0.2) is 13.1 Å². The summed E-state index contributed by atoms with van der Waals surface area (Å²) >= 11 is 0. The molecule has 0 radical (unpaired) electrons. The molecule has 1 rings (SSSR count). The van der Waals surface area contributed by atoms with E-state index < -0.39 is 10.0 Å². The number of aliphatic hydroxyl groups excluding tert-OH is 1.